The number of ether oxygens (including phenoxy) is 3. The van der Waals surface area contributed by atoms with E-state index in [-0.39, 0.29) is 54.4 Å². The van der Waals surface area contributed by atoms with E-state index in [1.54, 1.807) is 6.92 Å². The minimum absolute atomic E-state index is 0.0237. The standard InChI is InChI=1S/C45H51N7O10S2/c1-8-26-21-45(26,42(56)51-64(57,58)29-18-19-29)50-38(53)32-20-28(22-52(32)40(54)36(44(5,6)7)48-43-46-31(23-63-43)41(55)59-9-2)61-39-35-34(30-12-10-11-13-33(30)62-35)47-37(49-39)25-14-16-27(17-15-25)60-24(3)4/h8,10-17,23-24,26,28-29,32,36H,1,9,18-22H2,2-7H3,(H,46,48)(H,50,53)(H,51,56)/t26-,28-,32+,36-,45-/m1/s1. The molecule has 3 aliphatic rings. The molecule has 3 fully saturated rings. The summed E-state index contributed by atoms with van der Waals surface area (Å²) in [6.45, 7) is 15.0. The Morgan fingerprint density at radius 2 is 1.80 bits per heavy atom. The Balaban J connectivity index is 1.14. The summed E-state index contributed by atoms with van der Waals surface area (Å²) in [5.41, 5.74) is -0.295. The van der Waals surface area contributed by atoms with E-state index >= 15 is 4.79 Å². The minimum atomic E-state index is -3.95. The van der Waals surface area contributed by atoms with Crippen LogP contribution in [0.1, 0.15) is 77.7 Å². The molecule has 0 bridgehead atoms. The van der Waals surface area contributed by atoms with Gasteiger partial charge in [-0.3, -0.25) is 19.1 Å². The normalized spacial score (nSPS) is 21.4. The van der Waals surface area contributed by atoms with Gasteiger partial charge in [0.1, 0.15) is 40.6 Å². The summed E-state index contributed by atoms with van der Waals surface area (Å²) in [5, 5.41) is 7.91. The van der Waals surface area contributed by atoms with Crippen molar-refractivity contribution in [3.63, 3.8) is 0 Å². The molecule has 1 saturated heterocycles. The van der Waals surface area contributed by atoms with Crippen LogP contribution < -0.4 is 24.8 Å². The number of anilines is 1. The molecule has 3 aromatic heterocycles. The van der Waals surface area contributed by atoms with Crippen LogP contribution in [0.2, 0.25) is 0 Å². The van der Waals surface area contributed by atoms with Crippen LogP contribution in [0.5, 0.6) is 11.6 Å². The van der Waals surface area contributed by atoms with Crippen molar-refractivity contribution < 1.29 is 46.2 Å². The van der Waals surface area contributed by atoms with Crippen molar-refractivity contribution in [1.29, 1.82) is 0 Å². The fourth-order valence-corrected chi connectivity index (χ4v) is 9.93. The van der Waals surface area contributed by atoms with Gasteiger partial charge in [0.15, 0.2) is 16.6 Å². The Hall–Kier alpha value is -6.08. The molecule has 8 rings (SSSR count). The van der Waals surface area contributed by atoms with Crippen LogP contribution in [-0.2, 0) is 29.1 Å². The van der Waals surface area contributed by atoms with E-state index in [0.29, 0.717) is 41.1 Å². The first kappa shape index (κ1) is 44.5. The smallest absolute Gasteiger partial charge is 0.357 e. The number of amides is 3. The van der Waals surface area contributed by atoms with Gasteiger partial charge in [-0.2, -0.15) is 4.98 Å². The third-order valence-corrected chi connectivity index (χ3v) is 14.0. The molecular formula is C45H51N7O10S2. The van der Waals surface area contributed by atoms with E-state index in [1.807, 2.05) is 83.1 Å². The Kier molecular flexibility index (Phi) is 11.9. The lowest BCUT2D eigenvalue weighted by Crippen LogP contribution is -2.58. The van der Waals surface area contributed by atoms with Gasteiger partial charge in [0.2, 0.25) is 27.4 Å². The van der Waals surface area contributed by atoms with Crippen LogP contribution in [-0.4, -0.2) is 100 Å². The number of aromatic nitrogens is 3. The Bertz CT molecular complexity index is 2740. The number of carbonyl (C=O) groups excluding carboxylic acids is 4. The molecule has 5 aromatic rings. The largest absolute Gasteiger partial charge is 0.491 e. The predicted octanol–water partition coefficient (Wildman–Crippen LogP) is 6.01. The first-order chi connectivity index (χ1) is 30.4. The average Bonchev–Trinajstić information content (AvgIpc) is 4.08. The summed E-state index contributed by atoms with van der Waals surface area (Å²) < 4.78 is 51.9. The second-order valence-electron chi connectivity index (χ2n) is 17.7. The van der Waals surface area contributed by atoms with Crippen molar-refractivity contribution in [1.82, 2.24) is 29.9 Å². The lowest BCUT2D eigenvalue weighted by atomic mass is 9.85. The number of para-hydroxylation sites is 1. The first-order valence-electron chi connectivity index (χ1n) is 21.2. The lowest BCUT2D eigenvalue weighted by molar-refractivity contribution is -0.141. The van der Waals surface area contributed by atoms with E-state index in [9.17, 15) is 22.8 Å². The molecule has 1 aliphatic heterocycles. The molecule has 2 aromatic carbocycles. The Morgan fingerprint density at radius 1 is 1.06 bits per heavy atom. The van der Waals surface area contributed by atoms with Gasteiger partial charge in [-0.25, -0.2) is 23.2 Å². The summed E-state index contributed by atoms with van der Waals surface area (Å²) in [7, 11) is -3.95. The number of thiazole rings is 1. The van der Waals surface area contributed by atoms with Crippen molar-refractivity contribution in [3.05, 3.63) is 72.3 Å². The van der Waals surface area contributed by atoms with Gasteiger partial charge in [-0.1, -0.05) is 39.0 Å². The van der Waals surface area contributed by atoms with Crippen LogP contribution in [0.3, 0.4) is 0 Å². The van der Waals surface area contributed by atoms with Crippen LogP contribution in [0, 0.1) is 11.3 Å². The van der Waals surface area contributed by atoms with Gasteiger partial charge in [-0.15, -0.1) is 17.9 Å². The minimum Gasteiger partial charge on any atom is -0.491 e. The molecule has 338 valence electrons. The second-order valence-corrected chi connectivity index (χ2v) is 20.5. The summed E-state index contributed by atoms with van der Waals surface area (Å²) in [6.07, 6.45) is 1.59. The van der Waals surface area contributed by atoms with Gasteiger partial charge in [0.25, 0.3) is 11.8 Å². The lowest BCUT2D eigenvalue weighted by Gasteiger charge is -2.35. The van der Waals surface area contributed by atoms with Gasteiger partial charge in [-0.05, 0) is 81.8 Å². The fraction of sp³-hybridized carbons (Fsp3) is 0.444. The molecule has 17 nitrogen and oxygen atoms in total. The highest BCUT2D eigenvalue weighted by Crippen LogP contribution is 2.46. The zero-order valence-corrected chi connectivity index (χ0v) is 38.0. The maximum atomic E-state index is 15.0. The molecule has 4 heterocycles. The van der Waals surface area contributed by atoms with Gasteiger partial charge in [0.05, 0.1) is 24.5 Å². The number of rotatable bonds is 16. The van der Waals surface area contributed by atoms with Crippen molar-refractivity contribution in [2.75, 3.05) is 18.5 Å². The van der Waals surface area contributed by atoms with Crippen molar-refractivity contribution in [2.45, 2.75) is 102 Å². The number of carbonyl (C=O) groups is 4. The average molecular weight is 914 g/mol. The first-order valence-corrected chi connectivity index (χ1v) is 23.7. The number of nitrogens with zero attached hydrogens (tertiary/aromatic N) is 4. The molecule has 64 heavy (non-hydrogen) atoms. The zero-order chi connectivity index (χ0) is 45.7. The highest BCUT2D eigenvalue weighted by molar-refractivity contribution is 7.91. The summed E-state index contributed by atoms with van der Waals surface area (Å²) in [5.74, 6) is -2.09. The topological polar surface area (TPSA) is 221 Å². The van der Waals surface area contributed by atoms with E-state index in [4.69, 9.17) is 28.6 Å². The van der Waals surface area contributed by atoms with Crippen molar-refractivity contribution in [2.24, 2.45) is 11.3 Å². The molecule has 0 unspecified atom stereocenters. The van der Waals surface area contributed by atoms with Crippen molar-refractivity contribution >= 4 is 72.3 Å². The van der Waals surface area contributed by atoms with Crippen LogP contribution >= 0.6 is 11.3 Å². The Morgan fingerprint density at radius 3 is 2.45 bits per heavy atom. The fourth-order valence-electron chi connectivity index (χ4n) is 7.86. The number of benzene rings is 2. The van der Waals surface area contributed by atoms with Gasteiger partial charge in [0, 0.05) is 28.7 Å². The van der Waals surface area contributed by atoms with Crippen LogP contribution in [0.25, 0.3) is 33.5 Å². The maximum Gasteiger partial charge on any atom is 0.357 e. The molecule has 0 radical (unpaired) electrons. The SMILES string of the molecule is C=C[C@@H]1C[C@]1(NC(=O)[C@@H]1C[C@@H](Oc2nc(-c3ccc(OC(C)C)cc3)nc3c2oc2ccccc23)CN1C(=O)[C@@H](Nc1nc(C(=O)OCC)cs1)C(C)(C)C)C(=O)NS(=O)(=O)C1CC1. The van der Waals surface area contributed by atoms with E-state index in [1.165, 1.54) is 16.4 Å². The molecule has 2 saturated carbocycles. The number of hydrogen-bond donors (Lipinski definition) is 3. The molecule has 19 heteroatoms. The third-order valence-electron chi connectivity index (χ3n) is 11.4. The molecule has 2 aliphatic carbocycles. The number of sulfonamides is 1. The van der Waals surface area contributed by atoms with Gasteiger partial charge < -0.3 is 34.2 Å². The van der Waals surface area contributed by atoms with Crippen LogP contribution in [0.15, 0.2) is 71.0 Å². The van der Waals surface area contributed by atoms with E-state index < -0.39 is 74.0 Å². The summed E-state index contributed by atoms with van der Waals surface area (Å²) >= 11 is 1.12. The monoisotopic (exact) mass is 913 g/mol. The second kappa shape index (κ2) is 17.1. The molecule has 5 atom stereocenters. The summed E-state index contributed by atoms with van der Waals surface area (Å²) in [4.78, 5) is 71.4. The number of nitrogens with one attached hydrogen (secondary N) is 3. The van der Waals surface area contributed by atoms with Gasteiger partial charge >= 0.3 is 5.97 Å². The third kappa shape index (κ3) is 9.00. The number of likely N-dealkylation sites (tertiary alicyclic amines) is 1. The predicted molar refractivity (Wildman–Crippen MR) is 239 cm³/mol. The van der Waals surface area contributed by atoms with Crippen molar-refractivity contribution in [3.8, 4) is 23.0 Å². The number of esters is 1. The number of fused-ring (bicyclic) bond motifs is 3. The van der Waals surface area contributed by atoms with E-state index in [2.05, 4.69) is 26.9 Å². The highest BCUT2D eigenvalue weighted by atomic mass is 32.2. The molecular weight excluding hydrogens is 863 g/mol. The summed E-state index contributed by atoms with van der Waals surface area (Å²) in [6, 6.07) is 12.6. The molecule has 3 amide bonds. The van der Waals surface area contributed by atoms with Crippen LogP contribution in [0.4, 0.5) is 5.13 Å². The Labute approximate surface area is 374 Å². The highest BCUT2D eigenvalue weighted by Gasteiger charge is 2.62. The number of hydrogen-bond acceptors (Lipinski definition) is 15. The number of furan rings is 1. The molecule has 3 N–H and O–H groups in total. The zero-order valence-electron chi connectivity index (χ0n) is 36.4. The molecule has 0 spiro atoms. The maximum absolute atomic E-state index is 15.0. The van der Waals surface area contributed by atoms with E-state index in [0.717, 1.165) is 16.7 Å². The quantitative estimate of drug-likeness (QED) is 0.0763.